The van der Waals surface area contributed by atoms with Crippen LogP contribution in [0.1, 0.15) is 45.4 Å². The molecule has 0 aromatic heterocycles. The monoisotopic (exact) mass is 282 g/mol. The molecule has 4 atom stereocenters. The van der Waals surface area contributed by atoms with Crippen LogP contribution in [0.15, 0.2) is 12.2 Å². The standard InChI is InChI=1S/C15H22O5/c1-10(12(17)18)11-4-7-13(2)5-3-6-14(19,9-16)15(13,20)8-11/h9,11,19-20H,1,3-8H2,2H3,(H,17,18)/t11-,13-,14-,15-/m1/s1. The molecule has 2 aliphatic rings. The summed E-state index contributed by atoms with van der Waals surface area (Å²) in [6.07, 6.45) is 3.31. The number of fused-ring (bicyclic) bond motifs is 1. The molecule has 112 valence electrons. The highest BCUT2D eigenvalue weighted by atomic mass is 16.4. The van der Waals surface area contributed by atoms with Crippen molar-refractivity contribution in [1.29, 1.82) is 0 Å². The molecule has 2 fully saturated rings. The van der Waals surface area contributed by atoms with E-state index < -0.39 is 28.5 Å². The van der Waals surface area contributed by atoms with Crippen LogP contribution in [-0.2, 0) is 9.59 Å². The third-order valence-corrected chi connectivity index (χ3v) is 5.55. The number of carboxylic acid groups (broad SMARTS) is 1. The van der Waals surface area contributed by atoms with Crippen molar-refractivity contribution >= 4 is 12.3 Å². The Balaban J connectivity index is 2.38. The average Bonchev–Trinajstić information content (AvgIpc) is 2.39. The van der Waals surface area contributed by atoms with Crippen molar-refractivity contribution in [2.75, 3.05) is 0 Å². The minimum Gasteiger partial charge on any atom is -0.478 e. The maximum Gasteiger partial charge on any atom is 0.331 e. The summed E-state index contributed by atoms with van der Waals surface area (Å²) >= 11 is 0. The normalized spacial score (nSPS) is 44.5. The zero-order valence-corrected chi connectivity index (χ0v) is 11.8. The molecule has 0 heterocycles. The quantitative estimate of drug-likeness (QED) is 0.535. The first-order valence-electron chi connectivity index (χ1n) is 7.02. The highest BCUT2D eigenvalue weighted by molar-refractivity contribution is 5.86. The third-order valence-electron chi connectivity index (χ3n) is 5.55. The van der Waals surface area contributed by atoms with Crippen LogP contribution in [0.25, 0.3) is 0 Å². The lowest BCUT2D eigenvalue weighted by molar-refractivity contribution is -0.242. The van der Waals surface area contributed by atoms with Crippen molar-refractivity contribution in [1.82, 2.24) is 0 Å². The van der Waals surface area contributed by atoms with E-state index in [0.717, 1.165) is 6.42 Å². The van der Waals surface area contributed by atoms with Gasteiger partial charge in [0.25, 0.3) is 0 Å². The van der Waals surface area contributed by atoms with E-state index in [0.29, 0.717) is 25.5 Å². The van der Waals surface area contributed by atoms with E-state index in [-0.39, 0.29) is 18.4 Å². The average molecular weight is 282 g/mol. The second-order valence-corrected chi connectivity index (χ2v) is 6.59. The van der Waals surface area contributed by atoms with Gasteiger partial charge in [-0.2, -0.15) is 0 Å². The Bertz CT molecular complexity index is 459. The fraction of sp³-hybridized carbons (Fsp3) is 0.733. The minimum absolute atomic E-state index is 0.0410. The number of aliphatic carboxylic acids is 1. The molecule has 0 bridgehead atoms. The molecule has 20 heavy (non-hydrogen) atoms. The summed E-state index contributed by atoms with van der Waals surface area (Å²) in [6, 6.07) is 0. The van der Waals surface area contributed by atoms with E-state index >= 15 is 0 Å². The maximum absolute atomic E-state index is 11.3. The Morgan fingerprint density at radius 2 is 1.95 bits per heavy atom. The summed E-state index contributed by atoms with van der Waals surface area (Å²) in [4.78, 5) is 22.4. The van der Waals surface area contributed by atoms with Crippen LogP contribution < -0.4 is 0 Å². The van der Waals surface area contributed by atoms with E-state index in [1.807, 2.05) is 6.92 Å². The molecule has 0 aromatic rings. The number of hydrogen-bond donors (Lipinski definition) is 3. The molecule has 0 aliphatic heterocycles. The van der Waals surface area contributed by atoms with Crippen LogP contribution in [0.3, 0.4) is 0 Å². The molecule has 2 rings (SSSR count). The number of aliphatic hydroxyl groups is 2. The molecule has 0 aromatic carbocycles. The van der Waals surface area contributed by atoms with Crippen LogP contribution in [0.4, 0.5) is 0 Å². The SMILES string of the molecule is C=C(C(=O)O)[C@@H]1CC[C@@]2(C)CCC[C@@](O)(C=O)[C@@]2(O)C1. The Morgan fingerprint density at radius 3 is 2.50 bits per heavy atom. The van der Waals surface area contributed by atoms with Crippen LogP contribution in [-0.4, -0.2) is 38.8 Å². The van der Waals surface area contributed by atoms with Crippen molar-refractivity contribution in [3.8, 4) is 0 Å². The van der Waals surface area contributed by atoms with Crippen LogP contribution in [0.5, 0.6) is 0 Å². The lowest BCUT2D eigenvalue weighted by Crippen LogP contribution is -2.68. The predicted octanol–water partition coefficient (Wildman–Crippen LogP) is 1.28. The highest BCUT2D eigenvalue weighted by Crippen LogP contribution is 2.58. The third kappa shape index (κ3) is 1.91. The van der Waals surface area contributed by atoms with E-state index in [2.05, 4.69) is 6.58 Å². The van der Waals surface area contributed by atoms with Gasteiger partial charge >= 0.3 is 5.97 Å². The largest absolute Gasteiger partial charge is 0.478 e. The lowest BCUT2D eigenvalue weighted by atomic mass is 9.50. The number of rotatable bonds is 3. The first-order valence-corrected chi connectivity index (χ1v) is 7.02. The van der Waals surface area contributed by atoms with Gasteiger partial charge < -0.3 is 20.1 Å². The van der Waals surface area contributed by atoms with Crippen molar-refractivity contribution < 1.29 is 24.9 Å². The minimum atomic E-state index is -1.79. The zero-order chi connectivity index (χ0) is 15.2. The highest BCUT2D eigenvalue weighted by Gasteiger charge is 2.64. The number of carbonyl (C=O) groups is 2. The molecule has 0 radical (unpaired) electrons. The summed E-state index contributed by atoms with van der Waals surface area (Å²) in [5.74, 6) is -1.50. The fourth-order valence-corrected chi connectivity index (χ4v) is 4.02. The fourth-order valence-electron chi connectivity index (χ4n) is 4.02. The molecule has 0 spiro atoms. The molecule has 0 saturated heterocycles. The molecule has 2 aliphatic carbocycles. The molecule has 3 N–H and O–H groups in total. The number of carbonyl (C=O) groups excluding carboxylic acids is 1. The van der Waals surface area contributed by atoms with E-state index in [9.17, 15) is 19.8 Å². The second-order valence-electron chi connectivity index (χ2n) is 6.59. The van der Waals surface area contributed by atoms with Crippen LogP contribution in [0.2, 0.25) is 0 Å². The second kappa shape index (κ2) is 4.67. The van der Waals surface area contributed by atoms with Gasteiger partial charge in [0.05, 0.1) is 0 Å². The zero-order valence-electron chi connectivity index (χ0n) is 11.8. The van der Waals surface area contributed by atoms with Crippen molar-refractivity contribution in [3.63, 3.8) is 0 Å². The summed E-state index contributed by atoms with van der Waals surface area (Å²) in [7, 11) is 0. The van der Waals surface area contributed by atoms with Gasteiger partial charge in [-0.15, -0.1) is 0 Å². The molecular weight excluding hydrogens is 260 g/mol. The Kier molecular flexibility index (Phi) is 3.55. The van der Waals surface area contributed by atoms with Gasteiger partial charge in [0.2, 0.25) is 0 Å². The lowest BCUT2D eigenvalue weighted by Gasteiger charge is -2.59. The first-order chi connectivity index (χ1) is 9.19. The van der Waals surface area contributed by atoms with Crippen molar-refractivity contribution in [3.05, 3.63) is 12.2 Å². The van der Waals surface area contributed by atoms with E-state index in [1.54, 1.807) is 0 Å². The van der Waals surface area contributed by atoms with Crippen LogP contribution >= 0.6 is 0 Å². The molecule has 2 saturated carbocycles. The Morgan fingerprint density at radius 1 is 1.30 bits per heavy atom. The topological polar surface area (TPSA) is 94.8 Å². The van der Waals surface area contributed by atoms with Gasteiger partial charge in [0.15, 0.2) is 6.29 Å². The Hall–Kier alpha value is -1.20. The van der Waals surface area contributed by atoms with Gasteiger partial charge in [-0.1, -0.05) is 13.5 Å². The molecule has 5 heteroatoms. The van der Waals surface area contributed by atoms with Crippen molar-refractivity contribution in [2.24, 2.45) is 11.3 Å². The summed E-state index contributed by atoms with van der Waals surface area (Å²) in [6.45, 7) is 5.44. The Labute approximate surface area is 118 Å². The number of hydrogen-bond acceptors (Lipinski definition) is 4. The molecular formula is C15H22O5. The van der Waals surface area contributed by atoms with Crippen molar-refractivity contribution in [2.45, 2.75) is 56.7 Å². The van der Waals surface area contributed by atoms with Gasteiger partial charge in [-0.25, -0.2) is 4.79 Å². The van der Waals surface area contributed by atoms with Gasteiger partial charge in [0, 0.05) is 5.57 Å². The van der Waals surface area contributed by atoms with Gasteiger partial charge in [0.1, 0.15) is 11.2 Å². The summed E-state index contributed by atoms with van der Waals surface area (Å²) in [5, 5.41) is 30.7. The molecule has 0 amide bonds. The molecule has 5 nitrogen and oxygen atoms in total. The van der Waals surface area contributed by atoms with E-state index in [1.165, 1.54) is 0 Å². The van der Waals surface area contributed by atoms with Gasteiger partial charge in [-0.05, 0) is 49.9 Å². The summed E-state index contributed by atoms with van der Waals surface area (Å²) < 4.78 is 0. The van der Waals surface area contributed by atoms with E-state index in [4.69, 9.17) is 5.11 Å². The number of carboxylic acids is 1. The summed E-state index contributed by atoms with van der Waals surface area (Å²) in [5.41, 5.74) is -3.89. The first kappa shape index (κ1) is 15.2. The predicted molar refractivity (Wildman–Crippen MR) is 72.0 cm³/mol. The smallest absolute Gasteiger partial charge is 0.331 e. The number of aldehydes is 1. The maximum atomic E-state index is 11.3. The van der Waals surface area contributed by atoms with Gasteiger partial charge in [-0.3, -0.25) is 0 Å². The van der Waals surface area contributed by atoms with Crippen LogP contribution in [0, 0.1) is 11.3 Å². The molecule has 0 unspecified atom stereocenters.